The van der Waals surface area contributed by atoms with Gasteiger partial charge in [-0.05, 0) is 48.0 Å². The minimum absolute atomic E-state index is 0.0882. The summed E-state index contributed by atoms with van der Waals surface area (Å²) >= 11 is 1.30. The second-order valence-corrected chi connectivity index (χ2v) is 8.05. The van der Waals surface area contributed by atoms with E-state index in [0.29, 0.717) is 22.4 Å². The van der Waals surface area contributed by atoms with E-state index in [0.717, 1.165) is 16.9 Å². The highest BCUT2D eigenvalue weighted by Gasteiger charge is 2.19. The van der Waals surface area contributed by atoms with E-state index in [2.05, 4.69) is 15.5 Å². The summed E-state index contributed by atoms with van der Waals surface area (Å²) in [4.78, 5) is 26.0. The molecule has 1 heterocycles. The van der Waals surface area contributed by atoms with Crippen molar-refractivity contribution in [3.05, 3.63) is 84.4 Å². The average molecular weight is 475 g/mol. The van der Waals surface area contributed by atoms with Crippen molar-refractivity contribution in [2.75, 3.05) is 24.4 Å². The topological polar surface area (TPSA) is 92.6 Å². The number of para-hydroxylation sites is 2. The number of methoxy groups -OCH3 is 1. The third kappa shape index (κ3) is 5.81. The molecule has 0 aliphatic carbocycles. The van der Waals surface area contributed by atoms with Gasteiger partial charge in [-0.15, -0.1) is 5.10 Å². The molecule has 3 aromatic rings. The van der Waals surface area contributed by atoms with Crippen LogP contribution in [0.25, 0.3) is 0 Å². The minimum atomic E-state index is -0.225. The van der Waals surface area contributed by atoms with Gasteiger partial charge in [0, 0.05) is 11.4 Å². The SMILES string of the molecule is COc1cc(C=NN=C2NC(=O)CS2)ccc1OCC(=O)N(c1ccccc1)c1ccccc1. The van der Waals surface area contributed by atoms with Gasteiger partial charge in [0.25, 0.3) is 5.91 Å². The maximum atomic E-state index is 13.2. The molecule has 1 fully saturated rings. The van der Waals surface area contributed by atoms with Crippen LogP contribution >= 0.6 is 11.8 Å². The number of rotatable bonds is 8. The number of hydrogen-bond donors (Lipinski definition) is 1. The van der Waals surface area contributed by atoms with Gasteiger partial charge in [-0.3, -0.25) is 14.5 Å². The number of anilines is 2. The van der Waals surface area contributed by atoms with Crippen molar-refractivity contribution in [3.8, 4) is 11.5 Å². The second kappa shape index (κ2) is 11.2. The number of ether oxygens (including phenoxy) is 2. The maximum absolute atomic E-state index is 13.2. The van der Waals surface area contributed by atoms with E-state index in [1.165, 1.54) is 18.9 Å². The van der Waals surface area contributed by atoms with Gasteiger partial charge in [0.05, 0.1) is 19.1 Å². The van der Waals surface area contributed by atoms with Crippen LogP contribution in [-0.4, -0.2) is 42.7 Å². The Kier molecular flexibility index (Phi) is 7.56. The highest BCUT2D eigenvalue weighted by molar-refractivity contribution is 8.15. The lowest BCUT2D eigenvalue weighted by Gasteiger charge is -2.23. The molecule has 0 radical (unpaired) electrons. The molecule has 0 aromatic heterocycles. The number of hydrogen-bond acceptors (Lipinski definition) is 7. The Labute approximate surface area is 201 Å². The Morgan fingerprint density at radius 3 is 2.29 bits per heavy atom. The number of thioether (sulfide) groups is 1. The molecule has 0 unspecified atom stereocenters. The highest BCUT2D eigenvalue weighted by atomic mass is 32.2. The molecule has 0 spiro atoms. The summed E-state index contributed by atoms with van der Waals surface area (Å²) in [5, 5.41) is 11.1. The molecule has 4 rings (SSSR count). The largest absolute Gasteiger partial charge is 0.493 e. The molecule has 9 heteroatoms. The average Bonchev–Trinajstić information content (AvgIpc) is 3.29. The van der Waals surface area contributed by atoms with Crippen LogP contribution in [-0.2, 0) is 9.59 Å². The fraction of sp³-hybridized carbons (Fsp3) is 0.120. The zero-order valence-corrected chi connectivity index (χ0v) is 19.2. The first-order valence-electron chi connectivity index (χ1n) is 10.4. The van der Waals surface area contributed by atoms with E-state index < -0.39 is 0 Å². The van der Waals surface area contributed by atoms with Crippen LogP contribution in [0.4, 0.5) is 11.4 Å². The van der Waals surface area contributed by atoms with E-state index in [9.17, 15) is 9.59 Å². The Morgan fingerprint density at radius 2 is 1.71 bits per heavy atom. The molecular weight excluding hydrogens is 452 g/mol. The van der Waals surface area contributed by atoms with Crippen molar-refractivity contribution >= 4 is 46.3 Å². The summed E-state index contributed by atoms with van der Waals surface area (Å²) in [6.45, 7) is -0.182. The lowest BCUT2D eigenvalue weighted by molar-refractivity contribution is -0.120. The van der Waals surface area contributed by atoms with E-state index in [4.69, 9.17) is 9.47 Å². The monoisotopic (exact) mass is 474 g/mol. The zero-order chi connectivity index (χ0) is 23.8. The van der Waals surface area contributed by atoms with E-state index in [1.54, 1.807) is 29.3 Å². The van der Waals surface area contributed by atoms with Crippen molar-refractivity contribution in [1.82, 2.24) is 5.32 Å². The van der Waals surface area contributed by atoms with Crippen LogP contribution in [0.2, 0.25) is 0 Å². The van der Waals surface area contributed by atoms with Crippen LogP contribution in [0.15, 0.2) is 89.1 Å². The predicted octanol–water partition coefficient (Wildman–Crippen LogP) is 3.99. The van der Waals surface area contributed by atoms with Gasteiger partial charge in [-0.25, -0.2) is 0 Å². The molecule has 1 saturated heterocycles. The van der Waals surface area contributed by atoms with Crippen molar-refractivity contribution in [2.24, 2.45) is 10.2 Å². The number of carbonyl (C=O) groups excluding carboxylic acids is 2. The van der Waals surface area contributed by atoms with Crippen LogP contribution in [0.1, 0.15) is 5.56 Å². The van der Waals surface area contributed by atoms with E-state index in [1.807, 2.05) is 60.7 Å². The number of amidine groups is 1. The number of nitrogens with one attached hydrogen (secondary N) is 1. The summed E-state index contributed by atoms with van der Waals surface area (Å²) in [5.74, 6) is 0.920. The molecule has 3 aromatic carbocycles. The Hall–Kier alpha value is -4.11. The summed E-state index contributed by atoms with van der Waals surface area (Å²) in [6, 6.07) is 24.0. The van der Waals surface area contributed by atoms with Gasteiger partial charge in [0.2, 0.25) is 5.91 Å². The van der Waals surface area contributed by atoms with Crippen molar-refractivity contribution in [1.29, 1.82) is 0 Å². The van der Waals surface area contributed by atoms with Crippen LogP contribution in [0, 0.1) is 0 Å². The standard InChI is InChI=1S/C25H22N4O4S/c1-32-22-14-18(15-26-28-25-27-23(30)17-34-25)12-13-21(22)33-16-24(31)29(19-8-4-2-5-9-19)20-10-6-3-7-11-20/h2-15H,16-17H2,1H3,(H,27,28,30). The first-order valence-corrected chi connectivity index (χ1v) is 11.4. The molecule has 2 amide bonds. The maximum Gasteiger partial charge on any atom is 0.269 e. The van der Waals surface area contributed by atoms with Gasteiger partial charge in [-0.2, -0.15) is 5.10 Å². The summed E-state index contributed by atoms with van der Waals surface area (Å²) in [6.07, 6.45) is 1.54. The molecule has 1 aliphatic rings. The second-order valence-electron chi connectivity index (χ2n) is 7.09. The quantitative estimate of drug-likeness (QED) is 0.394. The van der Waals surface area contributed by atoms with Crippen molar-refractivity contribution in [2.45, 2.75) is 0 Å². The van der Waals surface area contributed by atoms with Crippen molar-refractivity contribution < 1.29 is 19.1 Å². The summed E-state index contributed by atoms with van der Waals surface area (Å²) in [7, 11) is 1.52. The van der Waals surface area contributed by atoms with Gasteiger partial charge < -0.3 is 14.8 Å². The molecule has 8 nitrogen and oxygen atoms in total. The Balaban J connectivity index is 1.46. The predicted molar refractivity (Wildman–Crippen MR) is 134 cm³/mol. The van der Waals surface area contributed by atoms with Crippen LogP contribution < -0.4 is 19.7 Å². The third-order valence-electron chi connectivity index (χ3n) is 4.76. The van der Waals surface area contributed by atoms with Crippen molar-refractivity contribution in [3.63, 3.8) is 0 Å². The Bertz CT molecular complexity index is 1180. The smallest absolute Gasteiger partial charge is 0.269 e. The van der Waals surface area contributed by atoms with E-state index >= 15 is 0 Å². The number of amides is 2. The highest BCUT2D eigenvalue weighted by Crippen LogP contribution is 2.29. The fourth-order valence-electron chi connectivity index (χ4n) is 3.21. The van der Waals surface area contributed by atoms with E-state index in [-0.39, 0.29) is 18.4 Å². The molecule has 34 heavy (non-hydrogen) atoms. The van der Waals surface area contributed by atoms with Crippen LogP contribution in [0.5, 0.6) is 11.5 Å². The molecule has 1 aliphatic heterocycles. The normalized spacial score (nSPS) is 14.3. The lowest BCUT2D eigenvalue weighted by Crippen LogP contribution is -2.30. The van der Waals surface area contributed by atoms with Gasteiger partial charge >= 0.3 is 0 Å². The molecular formula is C25H22N4O4S. The minimum Gasteiger partial charge on any atom is -0.493 e. The molecule has 0 bridgehead atoms. The first-order chi connectivity index (χ1) is 16.6. The summed E-state index contributed by atoms with van der Waals surface area (Å²) < 4.78 is 11.3. The van der Waals surface area contributed by atoms with Crippen LogP contribution in [0.3, 0.4) is 0 Å². The lowest BCUT2D eigenvalue weighted by atomic mass is 10.2. The van der Waals surface area contributed by atoms with Gasteiger partial charge in [0.1, 0.15) is 0 Å². The molecule has 172 valence electrons. The molecule has 1 N–H and O–H groups in total. The third-order valence-corrected chi connectivity index (χ3v) is 5.62. The van der Waals surface area contributed by atoms with Gasteiger partial charge in [0.15, 0.2) is 23.3 Å². The number of carbonyl (C=O) groups is 2. The Morgan fingerprint density at radius 1 is 1.03 bits per heavy atom. The summed E-state index contributed by atoms with van der Waals surface area (Å²) in [5.41, 5.74) is 2.22. The first kappa shape index (κ1) is 23.1. The fourth-order valence-corrected chi connectivity index (χ4v) is 3.84. The molecule has 0 saturated carbocycles. The zero-order valence-electron chi connectivity index (χ0n) is 18.4. The number of benzene rings is 3. The number of nitrogens with zero attached hydrogens (tertiary/aromatic N) is 3. The van der Waals surface area contributed by atoms with Gasteiger partial charge in [-0.1, -0.05) is 48.2 Å². The molecule has 0 atom stereocenters.